The van der Waals surface area contributed by atoms with Gasteiger partial charge in [0, 0.05) is 13.7 Å². The van der Waals surface area contributed by atoms with E-state index in [2.05, 4.69) is 49.5 Å². The summed E-state index contributed by atoms with van der Waals surface area (Å²) in [5.41, 5.74) is 1.44. The monoisotopic (exact) mass is 249 g/mol. The largest absolute Gasteiger partial charge is 0.383 e. The van der Waals surface area contributed by atoms with Crippen LogP contribution in [0.5, 0.6) is 0 Å². The molecule has 0 amide bonds. The Morgan fingerprint density at radius 1 is 1.17 bits per heavy atom. The Kier molecular flexibility index (Phi) is 7.70. The lowest BCUT2D eigenvalue weighted by atomic mass is 9.91. The smallest absolute Gasteiger partial charge is 0.0587 e. The first-order chi connectivity index (χ1) is 8.72. The van der Waals surface area contributed by atoms with Crippen LogP contribution in [0.3, 0.4) is 0 Å². The molecule has 0 bridgehead atoms. The summed E-state index contributed by atoms with van der Waals surface area (Å²) in [4.78, 5) is 0. The molecule has 1 aromatic rings. The van der Waals surface area contributed by atoms with E-state index in [4.69, 9.17) is 4.74 Å². The second-order valence-corrected chi connectivity index (χ2v) is 5.38. The van der Waals surface area contributed by atoms with Gasteiger partial charge in [0.2, 0.25) is 0 Å². The van der Waals surface area contributed by atoms with E-state index < -0.39 is 0 Å². The molecule has 0 saturated heterocycles. The van der Waals surface area contributed by atoms with Crippen LogP contribution in [0, 0.1) is 11.8 Å². The average molecular weight is 249 g/mol. The molecule has 0 heterocycles. The topological polar surface area (TPSA) is 21.3 Å². The summed E-state index contributed by atoms with van der Waals surface area (Å²) >= 11 is 0. The highest BCUT2D eigenvalue weighted by Gasteiger charge is 2.11. The van der Waals surface area contributed by atoms with Gasteiger partial charge in [-0.15, -0.1) is 0 Å². The van der Waals surface area contributed by atoms with Gasteiger partial charge in [-0.05, 0) is 36.8 Å². The summed E-state index contributed by atoms with van der Waals surface area (Å²) in [6.07, 6.45) is 2.44. The molecule has 0 radical (unpaired) electrons. The first-order valence-corrected chi connectivity index (χ1v) is 6.96. The average Bonchev–Trinajstić information content (AvgIpc) is 2.35. The van der Waals surface area contributed by atoms with E-state index in [0.717, 1.165) is 25.6 Å². The first-order valence-electron chi connectivity index (χ1n) is 6.96. The van der Waals surface area contributed by atoms with E-state index in [1.807, 2.05) is 0 Å². The zero-order valence-corrected chi connectivity index (χ0v) is 12.0. The second kappa shape index (κ2) is 9.12. The Labute approximate surface area is 112 Å². The maximum absolute atomic E-state index is 5.06. The number of hydrogen-bond donors (Lipinski definition) is 1. The summed E-state index contributed by atoms with van der Waals surface area (Å²) < 4.78 is 5.06. The van der Waals surface area contributed by atoms with E-state index >= 15 is 0 Å². The number of hydrogen-bond acceptors (Lipinski definition) is 2. The van der Waals surface area contributed by atoms with Crippen molar-refractivity contribution in [1.29, 1.82) is 0 Å². The summed E-state index contributed by atoms with van der Waals surface area (Å²) in [5.74, 6) is 1.46. The van der Waals surface area contributed by atoms with Crippen LogP contribution in [0.25, 0.3) is 0 Å². The molecule has 0 spiro atoms. The molecule has 1 atom stereocenters. The van der Waals surface area contributed by atoms with Gasteiger partial charge in [0.1, 0.15) is 0 Å². The van der Waals surface area contributed by atoms with Gasteiger partial charge in [0.15, 0.2) is 0 Å². The Morgan fingerprint density at radius 3 is 2.50 bits per heavy atom. The minimum atomic E-state index is 0.712. The maximum atomic E-state index is 5.06. The third-order valence-electron chi connectivity index (χ3n) is 3.09. The maximum Gasteiger partial charge on any atom is 0.0587 e. The van der Waals surface area contributed by atoms with Crippen LogP contribution in [-0.2, 0) is 11.2 Å². The predicted molar refractivity (Wildman–Crippen MR) is 77.8 cm³/mol. The molecule has 0 aliphatic heterocycles. The van der Waals surface area contributed by atoms with E-state index in [1.165, 1.54) is 18.4 Å². The standard InChI is InChI=1S/C16H27NO/c1-14(2)11-16(13-17-9-10-18-3)12-15-7-5-4-6-8-15/h4-8,14,16-17H,9-13H2,1-3H3. The van der Waals surface area contributed by atoms with Crippen molar-refractivity contribution in [2.45, 2.75) is 26.7 Å². The highest BCUT2D eigenvalue weighted by atomic mass is 16.5. The predicted octanol–water partition coefficient (Wildman–Crippen LogP) is 3.13. The summed E-state index contributed by atoms with van der Waals surface area (Å²) in [6, 6.07) is 10.8. The number of rotatable bonds is 9. The van der Waals surface area contributed by atoms with Crippen molar-refractivity contribution in [3.05, 3.63) is 35.9 Å². The summed E-state index contributed by atoms with van der Waals surface area (Å²) in [7, 11) is 1.75. The lowest BCUT2D eigenvalue weighted by molar-refractivity contribution is 0.197. The van der Waals surface area contributed by atoms with Crippen molar-refractivity contribution < 1.29 is 4.74 Å². The van der Waals surface area contributed by atoms with Gasteiger partial charge in [-0.1, -0.05) is 44.2 Å². The fourth-order valence-electron chi connectivity index (χ4n) is 2.33. The Balaban J connectivity index is 2.40. The van der Waals surface area contributed by atoms with Crippen LogP contribution in [0.1, 0.15) is 25.8 Å². The van der Waals surface area contributed by atoms with Crippen LogP contribution in [0.2, 0.25) is 0 Å². The van der Waals surface area contributed by atoms with E-state index in [-0.39, 0.29) is 0 Å². The normalized spacial score (nSPS) is 12.9. The molecule has 2 heteroatoms. The van der Waals surface area contributed by atoms with E-state index in [0.29, 0.717) is 5.92 Å². The molecule has 0 saturated carbocycles. The van der Waals surface area contributed by atoms with Gasteiger partial charge in [-0.25, -0.2) is 0 Å². The lowest BCUT2D eigenvalue weighted by Crippen LogP contribution is -2.28. The third-order valence-corrected chi connectivity index (χ3v) is 3.09. The SMILES string of the molecule is COCCNCC(Cc1ccccc1)CC(C)C. The minimum Gasteiger partial charge on any atom is -0.383 e. The van der Waals surface area contributed by atoms with Gasteiger partial charge in [-0.3, -0.25) is 0 Å². The highest BCUT2D eigenvalue weighted by molar-refractivity contribution is 5.15. The number of ether oxygens (including phenoxy) is 1. The minimum absolute atomic E-state index is 0.712. The second-order valence-electron chi connectivity index (χ2n) is 5.38. The third kappa shape index (κ3) is 6.77. The zero-order chi connectivity index (χ0) is 13.2. The molecule has 1 aromatic carbocycles. The molecule has 1 rings (SSSR count). The van der Waals surface area contributed by atoms with E-state index in [9.17, 15) is 0 Å². The summed E-state index contributed by atoms with van der Waals surface area (Å²) in [5, 5.41) is 3.49. The van der Waals surface area contributed by atoms with Crippen molar-refractivity contribution in [3.63, 3.8) is 0 Å². The Bertz CT molecular complexity index is 297. The van der Waals surface area contributed by atoms with Gasteiger partial charge in [0.05, 0.1) is 6.61 Å². The molecule has 0 fully saturated rings. The molecule has 0 aliphatic rings. The van der Waals surface area contributed by atoms with Gasteiger partial charge >= 0.3 is 0 Å². The molecule has 102 valence electrons. The van der Waals surface area contributed by atoms with Crippen molar-refractivity contribution in [3.8, 4) is 0 Å². The van der Waals surface area contributed by atoms with Crippen LogP contribution < -0.4 is 5.32 Å². The zero-order valence-electron chi connectivity index (χ0n) is 12.0. The lowest BCUT2D eigenvalue weighted by Gasteiger charge is -2.19. The highest BCUT2D eigenvalue weighted by Crippen LogP contribution is 2.16. The number of nitrogens with one attached hydrogen (secondary N) is 1. The quantitative estimate of drug-likeness (QED) is 0.679. The molecule has 0 aliphatic carbocycles. The molecular formula is C16H27NO. The van der Waals surface area contributed by atoms with Crippen LogP contribution in [-0.4, -0.2) is 26.8 Å². The fraction of sp³-hybridized carbons (Fsp3) is 0.625. The molecule has 2 nitrogen and oxygen atoms in total. The van der Waals surface area contributed by atoms with E-state index in [1.54, 1.807) is 7.11 Å². The van der Waals surface area contributed by atoms with Crippen LogP contribution in [0.15, 0.2) is 30.3 Å². The van der Waals surface area contributed by atoms with Crippen molar-refractivity contribution in [2.24, 2.45) is 11.8 Å². The molecular weight excluding hydrogens is 222 g/mol. The van der Waals surface area contributed by atoms with Gasteiger partial charge in [0.25, 0.3) is 0 Å². The molecule has 0 aromatic heterocycles. The molecule has 1 unspecified atom stereocenters. The Morgan fingerprint density at radius 2 is 1.89 bits per heavy atom. The van der Waals surface area contributed by atoms with Crippen LogP contribution in [0.4, 0.5) is 0 Å². The van der Waals surface area contributed by atoms with Gasteiger partial charge in [-0.2, -0.15) is 0 Å². The van der Waals surface area contributed by atoms with Crippen molar-refractivity contribution >= 4 is 0 Å². The number of methoxy groups -OCH3 is 1. The van der Waals surface area contributed by atoms with Crippen molar-refractivity contribution in [2.75, 3.05) is 26.8 Å². The van der Waals surface area contributed by atoms with Crippen molar-refractivity contribution in [1.82, 2.24) is 5.32 Å². The summed E-state index contributed by atoms with van der Waals surface area (Å²) in [6.45, 7) is 7.41. The van der Waals surface area contributed by atoms with Crippen LogP contribution >= 0.6 is 0 Å². The van der Waals surface area contributed by atoms with Gasteiger partial charge < -0.3 is 10.1 Å². The first kappa shape index (κ1) is 15.2. The Hall–Kier alpha value is -0.860. The molecule has 1 N–H and O–H groups in total. The fourth-order valence-corrected chi connectivity index (χ4v) is 2.33. The number of benzene rings is 1. The molecule has 18 heavy (non-hydrogen) atoms.